The molecule has 26 heavy (non-hydrogen) atoms. The zero-order valence-electron chi connectivity index (χ0n) is 15.3. The van der Waals surface area contributed by atoms with E-state index in [0.717, 1.165) is 38.9 Å². The van der Waals surface area contributed by atoms with Crippen LogP contribution in [0.15, 0.2) is 24.3 Å². The minimum atomic E-state index is -0.463. The zero-order chi connectivity index (χ0) is 18.4. The van der Waals surface area contributed by atoms with Crippen LogP contribution in [0.3, 0.4) is 0 Å². The molecule has 1 heterocycles. The molecule has 0 aromatic heterocycles. The first kappa shape index (κ1) is 18.8. The molecule has 0 N–H and O–H groups in total. The van der Waals surface area contributed by atoms with Gasteiger partial charge in [0.1, 0.15) is 6.10 Å². The minimum absolute atomic E-state index is 0.0148. The Morgan fingerprint density at radius 3 is 2.38 bits per heavy atom. The summed E-state index contributed by atoms with van der Waals surface area (Å²) < 4.78 is 5.88. The Labute approximate surface area is 154 Å². The molecule has 2 atom stereocenters. The van der Waals surface area contributed by atoms with Crippen LogP contribution in [-0.2, 0) is 4.74 Å². The van der Waals surface area contributed by atoms with E-state index >= 15 is 0 Å². The van der Waals surface area contributed by atoms with Crippen molar-refractivity contribution in [1.82, 2.24) is 4.90 Å². The van der Waals surface area contributed by atoms with Gasteiger partial charge in [-0.3, -0.25) is 10.1 Å². The average Bonchev–Trinajstić information content (AvgIpc) is 2.88. The highest BCUT2D eigenvalue weighted by Gasteiger charge is 2.29. The van der Waals surface area contributed by atoms with Crippen LogP contribution in [0.1, 0.15) is 61.7 Å². The summed E-state index contributed by atoms with van der Waals surface area (Å²) >= 11 is 0. The molecule has 1 aromatic rings. The van der Waals surface area contributed by atoms with Gasteiger partial charge in [0.05, 0.1) is 10.5 Å². The first-order valence-corrected chi connectivity index (χ1v) is 9.81. The van der Waals surface area contributed by atoms with E-state index in [9.17, 15) is 14.9 Å². The third-order valence-corrected chi connectivity index (χ3v) is 5.60. The van der Waals surface area contributed by atoms with Gasteiger partial charge in [-0.2, -0.15) is 0 Å². The third kappa shape index (κ3) is 5.04. The average molecular weight is 360 g/mol. The van der Waals surface area contributed by atoms with Gasteiger partial charge in [-0.15, -0.1) is 0 Å². The fourth-order valence-corrected chi connectivity index (χ4v) is 4.11. The van der Waals surface area contributed by atoms with Crippen LogP contribution in [0.25, 0.3) is 0 Å². The van der Waals surface area contributed by atoms with Gasteiger partial charge in [0.25, 0.3) is 5.69 Å². The Bertz CT molecular complexity index is 611. The summed E-state index contributed by atoms with van der Waals surface area (Å²) in [5.74, 6) is 0.0213. The molecule has 0 bridgehead atoms. The maximum Gasteiger partial charge on any atom is 0.338 e. The topological polar surface area (TPSA) is 72.7 Å². The van der Waals surface area contributed by atoms with Gasteiger partial charge in [0.2, 0.25) is 0 Å². The second-order valence-electron chi connectivity index (χ2n) is 7.51. The van der Waals surface area contributed by atoms with Crippen LogP contribution in [0, 0.1) is 16.0 Å². The summed E-state index contributed by atoms with van der Waals surface area (Å²) in [5, 5.41) is 10.8. The quantitative estimate of drug-likeness (QED) is 0.341. The second kappa shape index (κ2) is 9.12. The zero-order valence-corrected chi connectivity index (χ0v) is 15.3. The number of ether oxygens (including phenoxy) is 1. The van der Waals surface area contributed by atoms with E-state index in [1.807, 2.05) is 0 Å². The molecule has 0 spiro atoms. The van der Waals surface area contributed by atoms with Crippen molar-refractivity contribution in [2.75, 3.05) is 19.6 Å². The maximum atomic E-state index is 12.5. The number of nitro groups is 1. The van der Waals surface area contributed by atoms with Crippen LogP contribution < -0.4 is 0 Å². The third-order valence-electron chi connectivity index (χ3n) is 5.60. The molecule has 0 radical (unpaired) electrons. The summed E-state index contributed by atoms with van der Waals surface area (Å²) in [6.45, 7) is 3.32. The van der Waals surface area contributed by atoms with Crippen LogP contribution >= 0.6 is 0 Å². The van der Waals surface area contributed by atoms with Crippen molar-refractivity contribution in [2.45, 2.75) is 57.5 Å². The van der Waals surface area contributed by atoms with Crippen LogP contribution in [0.4, 0.5) is 5.69 Å². The summed E-state index contributed by atoms with van der Waals surface area (Å²) in [5.41, 5.74) is 0.371. The number of benzene rings is 1. The Morgan fingerprint density at radius 2 is 1.69 bits per heavy atom. The van der Waals surface area contributed by atoms with Crippen LogP contribution in [0.5, 0.6) is 0 Å². The first-order chi connectivity index (χ1) is 12.6. The van der Waals surface area contributed by atoms with Gasteiger partial charge in [0, 0.05) is 24.6 Å². The van der Waals surface area contributed by atoms with Crippen molar-refractivity contribution >= 4 is 11.7 Å². The highest BCUT2D eigenvalue weighted by atomic mass is 16.6. The number of hydrogen-bond acceptors (Lipinski definition) is 5. The highest BCUT2D eigenvalue weighted by molar-refractivity contribution is 5.89. The normalized spacial score (nSPS) is 24.6. The lowest BCUT2D eigenvalue weighted by atomic mass is 9.95. The molecule has 2 aliphatic rings. The van der Waals surface area contributed by atoms with Gasteiger partial charge >= 0.3 is 5.97 Å². The summed E-state index contributed by atoms with van der Waals surface area (Å²) in [4.78, 5) is 25.3. The van der Waals surface area contributed by atoms with E-state index in [1.54, 1.807) is 0 Å². The molecule has 0 unspecified atom stereocenters. The van der Waals surface area contributed by atoms with Crippen LogP contribution in [0.2, 0.25) is 0 Å². The minimum Gasteiger partial charge on any atom is -0.458 e. The standard InChI is InChI=1S/C20H28N2O4/c23-20(16-9-11-18(12-10-16)22(24)25)26-19-8-4-1-3-7-17(19)15-21-13-5-2-6-14-21/h9-12,17,19H,1-8,13-15H2/t17-,19-/m1/s1. The Hall–Kier alpha value is -1.95. The monoisotopic (exact) mass is 360 g/mol. The summed E-state index contributed by atoms with van der Waals surface area (Å²) in [7, 11) is 0. The largest absolute Gasteiger partial charge is 0.458 e. The maximum absolute atomic E-state index is 12.5. The molecule has 3 rings (SSSR count). The predicted octanol–water partition coefficient (Wildman–Crippen LogP) is 4.19. The number of carbonyl (C=O) groups excluding carboxylic acids is 1. The van der Waals surface area contributed by atoms with E-state index in [-0.39, 0.29) is 17.8 Å². The van der Waals surface area contributed by atoms with Crippen molar-refractivity contribution in [1.29, 1.82) is 0 Å². The number of nitro benzene ring substituents is 1. The predicted molar refractivity (Wildman–Crippen MR) is 99.2 cm³/mol. The summed E-state index contributed by atoms with van der Waals surface area (Å²) in [6, 6.07) is 5.68. The molecule has 0 amide bonds. The molecule has 142 valence electrons. The molecular formula is C20H28N2O4. The molecule has 6 heteroatoms. The lowest BCUT2D eigenvalue weighted by Crippen LogP contribution is -2.39. The van der Waals surface area contributed by atoms with Crippen LogP contribution in [-0.4, -0.2) is 41.5 Å². The molecule has 1 saturated carbocycles. The molecule has 1 saturated heterocycles. The Balaban J connectivity index is 1.63. The number of likely N-dealkylation sites (tertiary alicyclic amines) is 1. The van der Waals surface area contributed by atoms with Crippen molar-refractivity contribution in [3.05, 3.63) is 39.9 Å². The molecule has 6 nitrogen and oxygen atoms in total. The Morgan fingerprint density at radius 1 is 1.04 bits per heavy atom. The fraction of sp³-hybridized carbons (Fsp3) is 0.650. The highest BCUT2D eigenvalue weighted by Crippen LogP contribution is 2.28. The number of carbonyl (C=O) groups is 1. The van der Waals surface area contributed by atoms with Gasteiger partial charge in [-0.1, -0.05) is 19.3 Å². The van der Waals surface area contributed by atoms with E-state index < -0.39 is 4.92 Å². The lowest BCUT2D eigenvalue weighted by molar-refractivity contribution is -0.384. The second-order valence-corrected chi connectivity index (χ2v) is 7.51. The molecule has 2 fully saturated rings. The number of hydrogen-bond donors (Lipinski definition) is 0. The van der Waals surface area contributed by atoms with Crippen molar-refractivity contribution in [3.8, 4) is 0 Å². The van der Waals surface area contributed by atoms with Gasteiger partial charge in [-0.05, 0) is 57.3 Å². The fourth-order valence-electron chi connectivity index (χ4n) is 4.11. The Kier molecular flexibility index (Phi) is 6.61. The number of rotatable bonds is 5. The number of nitrogens with zero attached hydrogens (tertiary/aromatic N) is 2. The van der Waals surface area contributed by atoms with Crippen molar-refractivity contribution in [3.63, 3.8) is 0 Å². The SMILES string of the molecule is O=C(O[C@@H]1CCCCC[C@@H]1CN1CCCCC1)c1ccc([N+](=O)[O-])cc1. The first-order valence-electron chi connectivity index (χ1n) is 9.81. The van der Waals surface area contributed by atoms with Crippen molar-refractivity contribution < 1.29 is 14.5 Å². The van der Waals surface area contributed by atoms with E-state index in [0.29, 0.717) is 11.5 Å². The van der Waals surface area contributed by atoms with Gasteiger partial charge in [-0.25, -0.2) is 4.79 Å². The number of non-ortho nitro benzene ring substituents is 1. The molecule has 1 aliphatic heterocycles. The lowest BCUT2D eigenvalue weighted by Gasteiger charge is -2.33. The number of esters is 1. The number of piperidine rings is 1. The molecular weight excluding hydrogens is 332 g/mol. The molecule has 1 aliphatic carbocycles. The van der Waals surface area contributed by atoms with E-state index in [2.05, 4.69) is 4.90 Å². The van der Waals surface area contributed by atoms with E-state index in [1.165, 1.54) is 56.4 Å². The van der Waals surface area contributed by atoms with Gasteiger partial charge < -0.3 is 9.64 Å². The summed E-state index contributed by atoms with van der Waals surface area (Å²) in [6.07, 6.45) is 9.30. The molecule has 1 aromatic carbocycles. The van der Waals surface area contributed by atoms with E-state index in [4.69, 9.17) is 4.74 Å². The smallest absolute Gasteiger partial charge is 0.338 e. The van der Waals surface area contributed by atoms with Gasteiger partial charge in [0.15, 0.2) is 0 Å². The van der Waals surface area contributed by atoms with Crippen molar-refractivity contribution in [2.24, 2.45) is 5.92 Å².